The number of aromatic nitrogens is 1. The molecule has 0 atom stereocenters. The highest BCUT2D eigenvalue weighted by atomic mass is 35.5. The first kappa shape index (κ1) is 11.1. The molecule has 0 aliphatic heterocycles. The van der Waals surface area contributed by atoms with Gasteiger partial charge in [0, 0.05) is 6.20 Å². The molecule has 0 bridgehead atoms. The molecule has 0 saturated carbocycles. The summed E-state index contributed by atoms with van der Waals surface area (Å²) >= 11 is 7.23. The summed E-state index contributed by atoms with van der Waals surface area (Å²) in [5.74, 6) is 0.316. The van der Waals surface area contributed by atoms with Crippen molar-refractivity contribution < 1.29 is 9.53 Å². The highest BCUT2D eigenvalue weighted by Crippen LogP contribution is 2.28. The lowest BCUT2D eigenvalue weighted by Crippen LogP contribution is -2.02. The number of nitrogens with zero attached hydrogens (tertiary/aromatic N) is 1. The monoisotopic (exact) mass is 253 g/mol. The Bertz CT molecular complexity index is 524. The van der Waals surface area contributed by atoms with Crippen LogP contribution in [0.3, 0.4) is 0 Å². The summed E-state index contributed by atoms with van der Waals surface area (Å²) < 4.78 is 5.08. The molecule has 5 heteroatoms. The molecule has 0 amide bonds. The van der Waals surface area contributed by atoms with E-state index in [-0.39, 0.29) is 5.78 Å². The van der Waals surface area contributed by atoms with E-state index in [1.807, 2.05) is 0 Å². The van der Waals surface area contributed by atoms with Crippen LogP contribution in [0.25, 0.3) is 0 Å². The topological polar surface area (TPSA) is 39.2 Å². The van der Waals surface area contributed by atoms with Crippen LogP contribution in [0.4, 0.5) is 0 Å². The molecule has 0 spiro atoms. The van der Waals surface area contributed by atoms with Gasteiger partial charge in [-0.05, 0) is 17.5 Å². The molecule has 0 saturated heterocycles. The molecule has 2 aromatic heterocycles. The minimum atomic E-state index is -0.140. The molecule has 2 rings (SSSR count). The molecule has 2 aromatic rings. The van der Waals surface area contributed by atoms with Gasteiger partial charge in [0.1, 0.15) is 5.75 Å². The van der Waals surface area contributed by atoms with Crippen LogP contribution >= 0.6 is 22.9 Å². The molecule has 16 heavy (non-hydrogen) atoms. The molecule has 3 nitrogen and oxygen atoms in total. The van der Waals surface area contributed by atoms with E-state index < -0.39 is 0 Å². The van der Waals surface area contributed by atoms with E-state index in [4.69, 9.17) is 16.3 Å². The molecule has 0 N–H and O–H groups in total. The van der Waals surface area contributed by atoms with E-state index in [0.29, 0.717) is 21.2 Å². The third-order valence-corrected chi connectivity index (χ3v) is 3.41. The predicted molar refractivity (Wildman–Crippen MR) is 63.6 cm³/mol. The summed E-state index contributed by atoms with van der Waals surface area (Å²) in [5.41, 5.74) is 0.474. The van der Waals surface area contributed by atoms with Crippen molar-refractivity contribution in [2.24, 2.45) is 0 Å². The number of carbonyl (C=O) groups excluding carboxylic acids is 1. The van der Waals surface area contributed by atoms with Crippen molar-refractivity contribution in [1.82, 2.24) is 4.98 Å². The van der Waals surface area contributed by atoms with Crippen LogP contribution in [0.15, 0.2) is 29.9 Å². The second-order valence-corrected chi connectivity index (χ2v) is 4.33. The lowest BCUT2D eigenvalue weighted by molar-refractivity contribution is 0.103. The summed E-state index contributed by atoms with van der Waals surface area (Å²) in [4.78, 5) is 16.5. The Hall–Kier alpha value is -1.39. The van der Waals surface area contributed by atoms with Gasteiger partial charge in [-0.25, -0.2) is 0 Å². The minimum Gasteiger partial charge on any atom is -0.494 e. The molecular weight excluding hydrogens is 246 g/mol. The first-order valence-electron chi connectivity index (χ1n) is 4.49. The fourth-order valence-electron chi connectivity index (χ4n) is 1.31. The van der Waals surface area contributed by atoms with Gasteiger partial charge in [-0.3, -0.25) is 9.78 Å². The number of hydrogen-bond donors (Lipinski definition) is 0. The smallest absolute Gasteiger partial charge is 0.208 e. The lowest BCUT2D eigenvalue weighted by atomic mass is 10.1. The van der Waals surface area contributed by atoms with Crippen LogP contribution in [0.2, 0.25) is 5.02 Å². The van der Waals surface area contributed by atoms with Crippen molar-refractivity contribution in [1.29, 1.82) is 0 Å². The highest BCUT2D eigenvalue weighted by molar-refractivity contribution is 7.13. The normalized spacial score (nSPS) is 10.1. The quantitative estimate of drug-likeness (QED) is 0.790. The Morgan fingerprint density at radius 1 is 1.50 bits per heavy atom. The van der Waals surface area contributed by atoms with Crippen LogP contribution in [-0.4, -0.2) is 17.9 Å². The standard InChI is InChI=1S/C11H8ClNO2S/c1-15-9-6-13-4-2-7(9)10(14)11-8(12)3-5-16-11/h2-6H,1H3. The molecule has 2 heterocycles. The number of ketones is 1. The number of rotatable bonds is 3. The van der Waals surface area contributed by atoms with Gasteiger partial charge in [0.2, 0.25) is 5.78 Å². The Balaban J connectivity index is 2.46. The maximum absolute atomic E-state index is 12.1. The Kier molecular flexibility index (Phi) is 3.22. The summed E-state index contributed by atoms with van der Waals surface area (Å²) in [6, 6.07) is 3.32. The van der Waals surface area contributed by atoms with E-state index in [0.717, 1.165) is 0 Å². The van der Waals surface area contributed by atoms with Crippen molar-refractivity contribution in [3.05, 3.63) is 45.4 Å². The van der Waals surface area contributed by atoms with Crippen LogP contribution in [0.1, 0.15) is 15.2 Å². The molecule has 0 radical (unpaired) electrons. The molecule has 0 aliphatic carbocycles. The largest absolute Gasteiger partial charge is 0.494 e. The summed E-state index contributed by atoms with van der Waals surface area (Å²) in [6.45, 7) is 0. The third-order valence-electron chi connectivity index (χ3n) is 2.07. The van der Waals surface area contributed by atoms with Gasteiger partial charge in [-0.2, -0.15) is 0 Å². The molecular formula is C11H8ClNO2S. The maximum atomic E-state index is 12.1. The van der Waals surface area contributed by atoms with Crippen LogP contribution in [0, 0.1) is 0 Å². The Labute approximate surface area is 102 Å². The van der Waals surface area contributed by atoms with Gasteiger partial charge in [0.25, 0.3) is 0 Å². The molecule has 0 fully saturated rings. The maximum Gasteiger partial charge on any atom is 0.208 e. The van der Waals surface area contributed by atoms with Crippen molar-refractivity contribution in [3.8, 4) is 5.75 Å². The van der Waals surface area contributed by atoms with E-state index in [2.05, 4.69) is 4.98 Å². The van der Waals surface area contributed by atoms with Crippen LogP contribution < -0.4 is 4.74 Å². The number of hydrogen-bond acceptors (Lipinski definition) is 4. The Morgan fingerprint density at radius 2 is 2.31 bits per heavy atom. The van der Waals surface area contributed by atoms with E-state index >= 15 is 0 Å². The van der Waals surface area contributed by atoms with Crippen molar-refractivity contribution in [3.63, 3.8) is 0 Å². The predicted octanol–water partition coefficient (Wildman–Crippen LogP) is 3.04. The first-order chi connectivity index (χ1) is 7.74. The van der Waals surface area contributed by atoms with E-state index in [9.17, 15) is 4.79 Å². The van der Waals surface area contributed by atoms with Crippen LogP contribution in [0.5, 0.6) is 5.75 Å². The third kappa shape index (κ3) is 1.94. The Morgan fingerprint density at radius 3 is 2.94 bits per heavy atom. The van der Waals surface area contributed by atoms with Gasteiger partial charge in [0.05, 0.1) is 28.8 Å². The van der Waals surface area contributed by atoms with Crippen molar-refractivity contribution in [2.75, 3.05) is 7.11 Å². The molecule has 0 unspecified atom stereocenters. The van der Waals surface area contributed by atoms with Crippen molar-refractivity contribution in [2.45, 2.75) is 0 Å². The van der Waals surface area contributed by atoms with E-state index in [1.165, 1.54) is 24.6 Å². The number of thiophene rings is 1. The van der Waals surface area contributed by atoms with Gasteiger partial charge in [0.15, 0.2) is 0 Å². The molecule has 0 aliphatic rings. The number of pyridine rings is 1. The number of methoxy groups -OCH3 is 1. The van der Waals surface area contributed by atoms with Gasteiger partial charge < -0.3 is 4.74 Å². The number of halogens is 1. The summed E-state index contributed by atoms with van der Waals surface area (Å²) in [7, 11) is 1.50. The average Bonchev–Trinajstić information content (AvgIpc) is 2.74. The van der Waals surface area contributed by atoms with Gasteiger partial charge in [-0.1, -0.05) is 11.6 Å². The fourth-order valence-corrected chi connectivity index (χ4v) is 2.40. The zero-order chi connectivity index (χ0) is 11.5. The summed E-state index contributed by atoms with van der Waals surface area (Å²) in [5, 5.41) is 2.25. The number of ether oxygens (including phenoxy) is 1. The second kappa shape index (κ2) is 4.63. The minimum absolute atomic E-state index is 0.140. The zero-order valence-electron chi connectivity index (χ0n) is 8.44. The van der Waals surface area contributed by atoms with Crippen LogP contribution in [-0.2, 0) is 0 Å². The van der Waals surface area contributed by atoms with E-state index in [1.54, 1.807) is 23.7 Å². The summed E-state index contributed by atoms with van der Waals surface area (Å²) in [6.07, 6.45) is 3.06. The first-order valence-corrected chi connectivity index (χ1v) is 5.75. The fraction of sp³-hybridized carbons (Fsp3) is 0.0909. The highest BCUT2D eigenvalue weighted by Gasteiger charge is 2.17. The number of carbonyl (C=O) groups is 1. The SMILES string of the molecule is COc1cnccc1C(=O)c1sccc1Cl. The molecule has 82 valence electrons. The van der Waals surface area contributed by atoms with Gasteiger partial charge >= 0.3 is 0 Å². The second-order valence-electron chi connectivity index (χ2n) is 3.00. The average molecular weight is 254 g/mol. The van der Waals surface area contributed by atoms with Crippen molar-refractivity contribution >= 4 is 28.7 Å². The van der Waals surface area contributed by atoms with Gasteiger partial charge in [-0.15, -0.1) is 11.3 Å². The lowest BCUT2D eigenvalue weighted by Gasteiger charge is -2.05. The molecule has 0 aromatic carbocycles. The zero-order valence-corrected chi connectivity index (χ0v) is 10.0.